The van der Waals surface area contributed by atoms with Gasteiger partial charge < -0.3 is 10.3 Å². The highest BCUT2D eigenvalue weighted by molar-refractivity contribution is 7.09. The van der Waals surface area contributed by atoms with Crippen LogP contribution in [-0.4, -0.2) is 9.97 Å². The Bertz CT molecular complexity index is 711. The van der Waals surface area contributed by atoms with E-state index in [9.17, 15) is 4.79 Å². The minimum absolute atomic E-state index is 0.00581. The lowest BCUT2D eigenvalue weighted by Gasteiger charge is -2.25. The van der Waals surface area contributed by atoms with Crippen LogP contribution in [0.1, 0.15) is 61.6 Å². The summed E-state index contributed by atoms with van der Waals surface area (Å²) in [6.45, 7) is 7.35. The van der Waals surface area contributed by atoms with Crippen molar-refractivity contribution >= 4 is 11.3 Å². The summed E-state index contributed by atoms with van der Waals surface area (Å²) in [5, 5.41) is 6.92. The number of nitrogens with zero attached hydrogens (tertiary/aromatic N) is 1. The van der Waals surface area contributed by atoms with Crippen LogP contribution in [0.25, 0.3) is 0 Å². The number of H-pyrrole nitrogens is 1. The molecule has 2 aromatic heterocycles. The fourth-order valence-electron chi connectivity index (χ4n) is 2.87. The molecule has 0 fully saturated rings. The second kappa shape index (κ2) is 5.97. The Hall–Kier alpha value is -1.46. The van der Waals surface area contributed by atoms with Gasteiger partial charge in [-0.2, -0.15) is 0 Å². The van der Waals surface area contributed by atoms with Crippen LogP contribution in [0.3, 0.4) is 0 Å². The maximum absolute atomic E-state index is 11.4. The number of hydrogen-bond acceptors (Lipinski definition) is 4. The average molecular weight is 317 g/mol. The number of aromatic amines is 1. The smallest absolute Gasteiger partial charge is 0.248 e. The number of hydrogen-bond donors (Lipinski definition) is 2. The molecule has 0 amide bonds. The summed E-state index contributed by atoms with van der Waals surface area (Å²) in [7, 11) is 0. The molecule has 118 valence electrons. The van der Waals surface area contributed by atoms with Crippen molar-refractivity contribution < 1.29 is 0 Å². The van der Waals surface area contributed by atoms with Crippen LogP contribution in [0, 0.1) is 0 Å². The molecule has 0 aromatic carbocycles. The van der Waals surface area contributed by atoms with Crippen LogP contribution in [0.2, 0.25) is 0 Å². The first-order chi connectivity index (χ1) is 10.4. The second-order valence-corrected chi connectivity index (χ2v) is 7.83. The molecule has 1 aliphatic carbocycles. The Labute approximate surface area is 135 Å². The third-order valence-corrected chi connectivity index (χ3v) is 5.37. The molecule has 4 nitrogen and oxygen atoms in total. The van der Waals surface area contributed by atoms with Gasteiger partial charge in [0.15, 0.2) is 0 Å². The zero-order valence-corrected chi connectivity index (χ0v) is 14.2. The predicted molar refractivity (Wildman–Crippen MR) is 90.4 cm³/mol. The molecule has 2 heterocycles. The van der Waals surface area contributed by atoms with E-state index in [1.165, 1.54) is 10.6 Å². The first-order valence-electron chi connectivity index (χ1n) is 7.84. The first-order valence-corrected chi connectivity index (χ1v) is 8.72. The van der Waals surface area contributed by atoms with E-state index in [4.69, 9.17) is 4.98 Å². The fraction of sp³-hybridized carbons (Fsp3) is 0.529. The maximum Gasteiger partial charge on any atom is 0.248 e. The Morgan fingerprint density at radius 3 is 2.95 bits per heavy atom. The van der Waals surface area contributed by atoms with Gasteiger partial charge in [-0.1, -0.05) is 26.8 Å². The fourth-order valence-corrected chi connectivity index (χ4v) is 3.78. The van der Waals surface area contributed by atoms with Crippen molar-refractivity contribution in [1.82, 2.24) is 15.3 Å². The highest BCUT2D eigenvalue weighted by Gasteiger charge is 2.21. The number of rotatable bonds is 3. The van der Waals surface area contributed by atoms with Crippen LogP contribution in [-0.2, 0) is 18.4 Å². The summed E-state index contributed by atoms with van der Waals surface area (Å²) in [6, 6.07) is 3.90. The van der Waals surface area contributed by atoms with Crippen molar-refractivity contribution in [1.29, 1.82) is 0 Å². The van der Waals surface area contributed by atoms with E-state index in [-0.39, 0.29) is 11.0 Å². The molecule has 1 atom stereocenters. The second-order valence-electron chi connectivity index (χ2n) is 6.98. The Kier molecular flexibility index (Phi) is 4.19. The average Bonchev–Trinajstić information content (AvgIpc) is 2.93. The van der Waals surface area contributed by atoms with Gasteiger partial charge in [-0.15, -0.1) is 11.3 Å². The molecule has 0 saturated carbocycles. The van der Waals surface area contributed by atoms with Crippen molar-refractivity contribution in [3.05, 3.63) is 49.8 Å². The van der Waals surface area contributed by atoms with Crippen LogP contribution >= 0.6 is 11.3 Å². The zero-order chi connectivity index (χ0) is 15.7. The summed E-state index contributed by atoms with van der Waals surface area (Å²) in [6.07, 6.45) is 3.18. The summed E-state index contributed by atoms with van der Waals surface area (Å²) in [5.74, 6) is 0. The molecule has 3 rings (SSSR count). The zero-order valence-electron chi connectivity index (χ0n) is 13.4. The monoisotopic (exact) mass is 317 g/mol. The number of aromatic nitrogens is 2. The largest absolute Gasteiger partial charge is 0.326 e. The Morgan fingerprint density at radius 2 is 2.23 bits per heavy atom. The van der Waals surface area contributed by atoms with Crippen LogP contribution in [0.15, 0.2) is 22.3 Å². The van der Waals surface area contributed by atoms with Crippen molar-refractivity contribution in [3.8, 4) is 0 Å². The third-order valence-electron chi connectivity index (χ3n) is 4.05. The molecular weight excluding hydrogens is 294 g/mol. The van der Waals surface area contributed by atoms with Gasteiger partial charge in [-0.05, 0) is 24.8 Å². The van der Waals surface area contributed by atoms with E-state index in [1.54, 1.807) is 17.4 Å². The minimum Gasteiger partial charge on any atom is -0.326 e. The summed E-state index contributed by atoms with van der Waals surface area (Å²) >= 11 is 1.73. The van der Waals surface area contributed by atoms with Gasteiger partial charge in [0.05, 0.1) is 10.7 Å². The van der Waals surface area contributed by atoms with E-state index in [2.05, 4.69) is 36.5 Å². The molecule has 0 spiro atoms. The van der Waals surface area contributed by atoms with Crippen molar-refractivity contribution in [2.24, 2.45) is 0 Å². The van der Waals surface area contributed by atoms with Crippen LogP contribution < -0.4 is 10.9 Å². The summed E-state index contributed by atoms with van der Waals surface area (Å²) < 4.78 is 0. The van der Waals surface area contributed by atoms with E-state index in [0.29, 0.717) is 6.04 Å². The molecule has 2 aromatic rings. The minimum atomic E-state index is -0.00581. The highest BCUT2D eigenvalue weighted by Crippen LogP contribution is 2.29. The molecule has 22 heavy (non-hydrogen) atoms. The maximum atomic E-state index is 11.4. The third kappa shape index (κ3) is 3.31. The van der Waals surface area contributed by atoms with Crippen molar-refractivity contribution in [3.63, 3.8) is 0 Å². The number of nitrogens with one attached hydrogen (secondary N) is 2. The Balaban J connectivity index is 1.70. The number of pyridine rings is 1. The molecule has 5 heteroatoms. The van der Waals surface area contributed by atoms with Crippen LogP contribution in [0.5, 0.6) is 0 Å². The molecule has 0 radical (unpaired) electrons. The van der Waals surface area contributed by atoms with Gasteiger partial charge in [0.1, 0.15) is 0 Å². The first kappa shape index (κ1) is 15.4. The summed E-state index contributed by atoms with van der Waals surface area (Å²) in [4.78, 5) is 19.1. The van der Waals surface area contributed by atoms with Gasteiger partial charge in [0, 0.05) is 35.1 Å². The molecular formula is C17H23N3OS. The molecule has 1 unspecified atom stereocenters. The molecule has 2 N–H and O–H groups in total. The van der Waals surface area contributed by atoms with E-state index < -0.39 is 0 Å². The van der Waals surface area contributed by atoms with E-state index in [1.807, 2.05) is 6.07 Å². The molecule has 0 aliphatic heterocycles. The number of aryl methyl sites for hydroxylation is 1. The lowest BCUT2D eigenvalue weighted by Crippen LogP contribution is -2.27. The normalized spacial score (nSPS) is 18.2. The number of fused-ring (bicyclic) bond motifs is 1. The molecule has 0 saturated heterocycles. The van der Waals surface area contributed by atoms with Crippen LogP contribution in [0.4, 0.5) is 0 Å². The van der Waals surface area contributed by atoms with Crippen molar-refractivity contribution in [2.75, 3.05) is 0 Å². The lowest BCUT2D eigenvalue weighted by atomic mass is 9.91. The van der Waals surface area contributed by atoms with Gasteiger partial charge in [0.2, 0.25) is 5.56 Å². The molecule has 1 aliphatic rings. The molecule has 0 bridgehead atoms. The topological polar surface area (TPSA) is 57.8 Å². The van der Waals surface area contributed by atoms with Gasteiger partial charge in [-0.25, -0.2) is 4.98 Å². The highest BCUT2D eigenvalue weighted by atomic mass is 32.1. The lowest BCUT2D eigenvalue weighted by molar-refractivity contribution is 0.450. The van der Waals surface area contributed by atoms with Crippen molar-refractivity contribution in [2.45, 2.75) is 58.0 Å². The SMILES string of the molecule is CC(C)(C)c1nc(CNC2CCCc3[nH]c(=O)ccc32)cs1. The number of thiazole rings is 1. The summed E-state index contributed by atoms with van der Waals surface area (Å²) in [5.41, 5.74) is 3.53. The van der Waals surface area contributed by atoms with E-state index >= 15 is 0 Å². The van der Waals surface area contributed by atoms with Gasteiger partial charge >= 0.3 is 0 Å². The standard InChI is InChI=1S/C17H23N3OS/c1-17(2,3)16-19-11(10-22-16)9-18-13-5-4-6-14-12(13)7-8-15(21)20-14/h7-8,10,13,18H,4-6,9H2,1-3H3,(H,20,21). The Morgan fingerprint density at radius 1 is 1.41 bits per heavy atom. The quantitative estimate of drug-likeness (QED) is 0.913. The predicted octanol–water partition coefficient (Wildman–Crippen LogP) is 3.30. The van der Waals surface area contributed by atoms with Gasteiger partial charge in [0.25, 0.3) is 0 Å². The van der Waals surface area contributed by atoms with Gasteiger partial charge in [-0.3, -0.25) is 4.79 Å². The van der Waals surface area contributed by atoms with E-state index in [0.717, 1.165) is 37.2 Å².